The predicted octanol–water partition coefficient (Wildman–Crippen LogP) is 2.17. The van der Waals surface area contributed by atoms with Gasteiger partial charge in [0.15, 0.2) is 0 Å². The van der Waals surface area contributed by atoms with Gasteiger partial charge in [0, 0.05) is 6.20 Å². The quantitative estimate of drug-likeness (QED) is 0.855. The molecule has 0 radical (unpaired) electrons. The molecule has 0 aliphatic rings. The number of aryl methyl sites for hydroxylation is 2. The monoisotopic (exact) mass is 361 g/mol. The fraction of sp³-hybridized carbons (Fsp3) is 0.333. The van der Waals surface area contributed by atoms with Crippen LogP contribution in [0.3, 0.4) is 0 Å². The Kier molecular flexibility index (Phi) is 5.79. The Bertz CT molecular complexity index is 851. The SMILES string of the molecule is Cc1ccc(N([C@H](C)C(=O)NCc2ccccn2)S(C)(=O)=O)cc1C. The summed E-state index contributed by atoms with van der Waals surface area (Å²) in [7, 11) is -3.62. The molecule has 2 aromatic rings. The minimum Gasteiger partial charge on any atom is -0.349 e. The van der Waals surface area contributed by atoms with E-state index >= 15 is 0 Å². The number of aromatic nitrogens is 1. The molecule has 1 aromatic heterocycles. The van der Waals surface area contributed by atoms with Gasteiger partial charge in [-0.15, -0.1) is 0 Å². The van der Waals surface area contributed by atoms with E-state index in [0.717, 1.165) is 21.7 Å². The Hall–Kier alpha value is -2.41. The fourth-order valence-corrected chi connectivity index (χ4v) is 3.67. The zero-order valence-corrected chi connectivity index (χ0v) is 15.7. The van der Waals surface area contributed by atoms with Crippen LogP contribution in [0, 0.1) is 13.8 Å². The molecule has 25 heavy (non-hydrogen) atoms. The lowest BCUT2D eigenvalue weighted by molar-refractivity contribution is -0.122. The van der Waals surface area contributed by atoms with Crippen molar-refractivity contribution in [1.29, 1.82) is 0 Å². The Labute approximate surface area is 148 Å². The Morgan fingerprint density at radius 2 is 1.92 bits per heavy atom. The number of anilines is 1. The van der Waals surface area contributed by atoms with Crippen LogP contribution in [-0.2, 0) is 21.4 Å². The van der Waals surface area contributed by atoms with Gasteiger partial charge in [0.25, 0.3) is 0 Å². The van der Waals surface area contributed by atoms with Crippen LogP contribution in [-0.4, -0.2) is 31.6 Å². The summed E-state index contributed by atoms with van der Waals surface area (Å²) in [5, 5.41) is 2.74. The molecule has 2 rings (SSSR count). The zero-order chi connectivity index (χ0) is 18.6. The smallest absolute Gasteiger partial charge is 0.243 e. The standard InChI is InChI=1S/C18H23N3O3S/c1-13-8-9-17(11-14(13)2)21(25(4,23)24)15(3)18(22)20-12-16-7-5-6-10-19-16/h5-11,15H,12H2,1-4H3,(H,20,22)/t15-/m1/s1. The summed E-state index contributed by atoms with van der Waals surface area (Å²) in [6.07, 6.45) is 2.74. The molecule has 0 saturated carbocycles. The molecule has 1 atom stereocenters. The third-order valence-electron chi connectivity index (χ3n) is 4.00. The molecule has 1 amide bonds. The highest BCUT2D eigenvalue weighted by molar-refractivity contribution is 7.92. The largest absolute Gasteiger partial charge is 0.349 e. The van der Waals surface area contributed by atoms with Gasteiger partial charge in [-0.3, -0.25) is 14.1 Å². The van der Waals surface area contributed by atoms with Crippen molar-refractivity contribution in [2.45, 2.75) is 33.4 Å². The molecule has 0 aliphatic heterocycles. The maximum Gasteiger partial charge on any atom is 0.243 e. The molecule has 0 spiro atoms. The van der Waals surface area contributed by atoms with Crippen LogP contribution in [0.15, 0.2) is 42.6 Å². The van der Waals surface area contributed by atoms with Crippen molar-refractivity contribution in [3.05, 3.63) is 59.4 Å². The number of pyridine rings is 1. The summed E-state index contributed by atoms with van der Waals surface area (Å²) in [6, 6.07) is 9.88. The lowest BCUT2D eigenvalue weighted by atomic mass is 10.1. The van der Waals surface area contributed by atoms with Gasteiger partial charge < -0.3 is 5.32 Å². The molecule has 1 N–H and O–H groups in total. The van der Waals surface area contributed by atoms with Crippen LogP contribution in [0.25, 0.3) is 0 Å². The van der Waals surface area contributed by atoms with Crippen molar-refractivity contribution in [2.24, 2.45) is 0 Å². The van der Waals surface area contributed by atoms with Crippen LogP contribution in [0.4, 0.5) is 5.69 Å². The maximum atomic E-state index is 12.5. The highest BCUT2D eigenvalue weighted by Gasteiger charge is 2.29. The first-order valence-electron chi connectivity index (χ1n) is 7.94. The van der Waals surface area contributed by atoms with Crippen LogP contribution >= 0.6 is 0 Å². The summed E-state index contributed by atoms with van der Waals surface area (Å²) >= 11 is 0. The normalized spacial score (nSPS) is 12.5. The van der Waals surface area contributed by atoms with Crippen molar-refractivity contribution in [1.82, 2.24) is 10.3 Å². The molecule has 134 valence electrons. The number of hydrogen-bond donors (Lipinski definition) is 1. The Morgan fingerprint density at radius 1 is 1.20 bits per heavy atom. The molecule has 0 bridgehead atoms. The maximum absolute atomic E-state index is 12.5. The van der Waals surface area contributed by atoms with Crippen molar-refractivity contribution >= 4 is 21.6 Å². The average molecular weight is 361 g/mol. The number of benzene rings is 1. The molecule has 0 saturated heterocycles. The third kappa shape index (κ3) is 4.79. The molecular weight excluding hydrogens is 338 g/mol. The molecule has 0 fully saturated rings. The van der Waals surface area contributed by atoms with Gasteiger partial charge in [0.1, 0.15) is 6.04 Å². The van der Waals surface area contributed by atoms with Crippen molar-refractivity contribution in [3.63, 3.8) is 0 Å². The average Bonchev–Trinajstić information content (AvgIpc) is 2.55. The molecular formula is C18H23N3O3S. The summed E-state index contributed by atoms with van der Waals surface area (Å²) in [5.41, 5.74) is 3.21. The van der Waals surface area contributed by atoms with E-state index in [1.807, 2.05) is 26.0 Å². The van der Waals surface area contributed by atoms with Gasteiger partial charge in [-0.25, -0.2) is 8.42 Å². The van der Waals surface area contributed by atoms with E-state index in [0.29, 0.717) is 11.4 Å². The lowest BCUT2D eigenvalue weighted by Gasteiger charge is -2.28. The third-order valence-corrected chi connectivity index (χ3v) is 5.25. The van der Waals surface area contributed by atoms with Crippen molar-refractivity contribution in [2.75, 3.05) is 10.6 Å². The first kappa shape index (κ1) is 18.9. The van der Waals surface area contributed by atoms with Crippen LogP contribution in [0.5, 0.6) is 0 Å². The second-order valence-corrected chi connectivity index (χ2v) is 7.90. The van der Waals surface area contributed by atoms with Crippen LogP contribution in [0.2, 0.25) is 0 Å². The highest BCUT2D eigenvalue weighted by Crippen LogP contribution is 2.23. The van der Waals surface area contributed by atoms with E-state index in [1.165, 1.54) is 0 Å². The Morgan fingerprint density at radius 3 is 2.48 bits per heavy atom. The van der Waals surface area contributed by atoms with Crippen LogP contribution in [0.1, 0.15) is 23.7 Å². The van der Waals surface area contributed by atoms with E-state index in [-0.39, 0.29) is 12.5 Å². The van der Waals surface area contributed by atoms with Crippen LogP contribution < -0.4 is 9.62 Å². The lowest BCUT2D eigenvalue weighted by Crippen LogP contribution is -2.47. The number of carbonyl (C=O) groups excluding carboxylic acids is 1. The van der Waals surface area contributed by atoms with Crippen molar-refractivity contribution in [3.8, 4) is 0 Å². The number of rotatable bonds is 6. The number of carbonyl (C=O) groups is 1. The number of amides is 1. The van der Waals surface area contributed by atoms with E-state index in [1.54, 1.807) is 37.4 Å². The predicted molar refractivity (Wildman–Crippen MR) is 98.8 cm³/mol. The minimum atomic E-state index is -3.62. The van der Waals surface area contributed by atoms with Gasteiger partial charge >= 0.3 is 0 Å². The van der Waals surface area contributed by atoms with Gasteiger partial charge in [0.05, 0.1) is 24.2 Å². The molecule has 0 unspecified atom stereocenters. The highest BCUT2D eigenvalue weighted by atomic mass is 32.2. The molecule has 6 nitrogen and oxygen atoms in total. The minimum absolute atomic E-state index is 0.245. The van der Waals surface area contributed by atoms with Gasteiger partial charge in [-0.2, -0.15) is 0 Å². The molecule has 1 aromatic carbocycles. The van der Waals surface area contributed by atoms with E-state index in [9.17, 15) is 13.2 Å². The number of sulfonamides is 1. The summed E-state index contributed by atoms with van der Waals surface area (Å²) < 4.78 is 25.7. The van der Waals surface area contributed by atoms with Gasteiger partial charge in [-0.1, -0.05) is 12.1 Å². The van der Waals surface area contributed by atoms with E-state index in [4.69, 9.17) is 0 Å². The Balaban J connectivity index is 2.22. The van der Waals surface area contributed by atoms with E-state index in [2.05, 4.69) is 10.3 Å². The number of nitrogens with zero attached hydrogens (tertiary/aromatic N) is 2. The number of hydrogen-bond acceptors (Lipinski definition) is 4. The van der Waals surface area contributed by atoms with Gasteiger partial charge in [0.2, 0.25) is 15.9 Å². The second kappa shape index (κ2) is 7.65. The number of nitrogens with one attached hydrogen (secondary N) is 1. The molecule has 0 aliphatic carbocycles. The summed E-state index contributed by atoms with van der Waals surface area (Å²) in [6.45, 7) is 5.68. The van der Waals surface area contributed by atoms with Gasteiger partial charge in [-0.05, 0) is 56.2 Å². The first-order chi connectivity index (χ1) is 11.7. The summed E-state index contributed by atoms with van der Waals surface area (Å²) in [4.78, 5) is 16.6. The van der Waals surface area contributed by atoms with E-state index < -0.39 is 16.1 Å². The zero-order valence-electron chi connectivity index (χ0n) is 14.9. The summed E-state index contributed by atoms with van der Waals surface area (Å²) in [5.74, 6) is -0.380. The van der Waals surface area contributed by atoms with Crippen molar-refractivity contribution < 1.29 is 13.2 Å². The topological polar surface area (TPSA) is 79.4 Å². The molecule has 1 heterocycles. The molecule has 7 heteroatoms. The second-order valence-electron chi connectivity index (χ2n) is 6.04. The first-order valence-corrected chi connectivity index (χ1v) is 9.79. The fourth-order valence-electron chi connectivity index (χ4n) is 2.50.